The molecule has 0 saturated carbocycles. The maximum absolute atomic E-state index is 12.6. The monoisotopic (exact) mass is 428 g/mol. The van der Waals surface area contributed by atoms with Crippen molar-refractivity contribution in [1.29, 1.82) is 5.26 Å². The van der Waals surface area contributed by atoms with Gasteiger partial charge in [0.05, 0.1) is 18.4 Å². The highest BCUT2D eigenvalue weighted by molar-refractivity contribution is 6.45. The molecule has 0 atom stereocenters. The summed E-state index contributed by atoms with van der Waals surface area (Å²) in [5.74, 6) is -0.248. The van der Waals surface area contributed by atoms with Gasteiger partial charge in [-0.25, -0.2) is 4.79 Å². The van der Waals surface area contributed by atoms with Crippen molar-refractivity contribution in [1.82, 2.24) is 9.62 Å². The molecule has 166 valence electrons. The van der Waals surface area contributed by atoms with Crippen LogP contribution in [0, 0.1) is 11.3 Å². The first-order chi connectivity index (χ1) is 14.8. The minimum absolute atomic E-state index is 0.106. The molecule has 31 heavy (non-hydrogen) atoms. The van der Waals surface area contributed by atoms with Crippen molar-refractivity contribution in [2.75, 3.05) is 51.3 Å². The number of carbonyl (C=O) groups excluding carboxylic acids is 1. The van der Waals surface area contributed by atoms with Crippen LogP contribution >= 0.6 is 0 Å². The van der Waals surface area contributed by atoms with Gasteiger partial charge in [-0.1, -0.05) is 0 Å². The van der Waals surface area contributed by atoms with Gasteiger partial charge in [0.25, 0.3) is 0 Å². The zero-order chi connectivity index (χ0) is 22.5. The number of methoxy groups -OCH3 is 1. The van der Waals surface area contributed by atoms with Crippen LogP contribution in [-0.2, 0) is 4.74 Å². The Bertz CT molecular complexity index is 817. The first-order valence-corrected chi connectivity index (χ1v) is 10.8. The maximum Gasteiger partial charge on any atom is 0.376 e. The van der Waals surface area contributed by atoms with Crippen LogP contribution in [0.3, 0.4) is 0 Å². The number of ether oxygens (including phenoxy) is 2. The molecule has 0 bridgehead atoms. The normalized spacial score (nSPS) is 18.4. The van der Waals surface area contributed by atoms with E-state index >= 15 is 0 Å². The maximum atomic E-state index is 12.6. The van der Waals surface area contributed by atoms with Crippen molar-refractivity contribution in [2.24, 2.45) is 0 Å². The SMILES string of the molecule is COC(=O)c1c(OC2CCN(B(C)O)CC2)ccc(N2CCN(B(C)O)CC2)c1C#N. The van der Waals surface area contributed by atoms with E-state index in [4.69, 9.17) is 9.47 Å². The number of esters is 1. The number of nitrogens with zero attached hydrogens (tertiary/aromatic N) is 4. The first kappa shape index (κ1) is 23.4. The number of benzene rings is 1. The highest BCUT2D eigenvalue weighted by atomic mass is 16.5. The molecule has 0 unspecified atom stereocenters. The van der Waals surface area contributed by atoms with Gasteiger partial charge in [-0.05, 0) is 51.7 Å². The van der Waals surface area contributed by atoms with Crippen LogP contribution in [0.2, 0.25) is 13.6 Å². The second kappa shape index (κ2) is 10.4. The van der Waals surface area contributed by atoms with Gasteiger partial charge in [0.1, 0.15) is 23.5 Å². The predicted molar refractivity (Wildman–Crippen MR) is 119 cm³/mol. The molecule has 0 amide bonds. The van der Waals surface area contributed by atoms with Gasteiger partial charge in [0.15, 0.2) is 0 Å². The molecule has 2 heterocycles. The van der Waals surface area contributed by atoms with Crippen LogP contribution in [-0.4, -0.2) is 92.2 Å². The molecule has 1 aromatic carbocycles. The van der Waals surface area contributed by atoms with Gasteiger partial charge < -0.3 is 34.0 Å². The average Bonchev–Trinajstić information content (AvgIpc) is 2.78. The lowest BCUT2D eigenvalue weighted by Crippen LogP contribution is -2.51. The van der Waals surface area contributed by atoms with E-state index in [2.05, 4.69) is 11.0 Å². The molecule has 2 N–H and O–H groups in total. The van der Waals surface area contributed by atoms with Crippen molar-refractivity contribution in [3.8, 4) is 11.8 Å². The highest BCUT2D eigenvalue weighted by Gasteiger charge is 2.30. The number of rotatable bonds is 6. The van der Waals surface area contributed by atoms with E-state index in [-0.39, 0.29) is 17.2 Å². The van der Waals surface area contributed by atoms with Crippen molar-refractivity contribution >= 4 is 25.8 Å². The summed E-state index contributed by atoms with van der Waals surface area (Å²) in [6.07, 6.45) is 1.33. The molecule has 2 fully saturated rings. The lowest BCUT2D eigenvalue weighted by Gasteiger charge is -2.37. The highest BCUT2D eigenvalue weighted by Crippen LogP contribution is 2.33. The molecule has 2 saturated heterocycles. The zero-order valence-corrected chi connectivity index (χ0v) is 18.5. The second-order valence-electron chi connectivity index (χ2n) is 8.08. The molecular formula is C20H30B2N4O5. The summed E-state index contributed by atoms with van der Waals surface area (Å²) < 4.78 is 11.1. The Morgan fingerprint density at radius 2 is 1.65 bits per heavy atom. The fourth-order valence-electron chi connectivity index (χ4n) is 4.24. The number of piperazine rings is 1. The molecule has 0 aliphatic carbocycles. The summed E-state index contributed by atoms with van der Waals surface area (Å²) in [6.45, 7) is 7.49. The Morgan fingerprint density at radius 3 is 2.16 bits per heavy atom. The van der Waals surface area contributed by atoms with E-state index in [1.165, 1.54) is 7.11 Å². The summed E-state index contributed by atoms with van der Waals surface area (Å²) in [5, 5.41) is 29.4. The molecule has 0 aromatic heterocycles. The van der Waals surface area contributed by atoms with Crippen LogP contribution < -0.4 is 9.64 Å². The first-order valence-electron chi connectivity index (χ1n) is 10.8. The quantitative estimate of drug-likeness (QED) is 0.496. The number of carbonyl (C=O) groups is 1. The number of anilines is 1. The van der Waals surface area contributed by atoms with E-state index in [1.807, 2.05) is 15.7 Å². The van der Waals surface area contributed by atoms with Crippen molar-refractivity contribution in [3.05, 3.63) is 23.3 Å². The van der Waals surface area contributed by atoms with E-state index in [9.17, 15) is 20.1 Å². The summed E-state index contributed by atoms with van der Waals surface area (Å²) >= 11 is 0. The Labute approximate surface area is 184 Å². The Hall–Kier alpha value is -2.25. The topological polar surface area (TPSA) is 110 Å². The van der Waals surface area contributed by atoms with Crippen LogP contribution in [0.1, 0.15) is 28.8 Å². The summed E-state index contributed by atoms with van der Waals surface area (Å²) in [5.41, 5.74) is 1.07. The van der Waals surface area contributed by atoms with Gasteiger partial charge in [0.2, 0.25) is 0 Å². The standard InChI is InChI=1S/C20H30B2N4O5/c1-21(28)25-8-6-15(7-9-25)31-18-5-4-17(16(14-23)19(18)20(27)30-3)24-10-12-26(13-11-24)22(2)29/h4-5,15,28-29H,6-13H2,1-3H3. The number of nitriles is 1. The van der Waals surface area contributed by atoms with E-state index in [0.29, 0.717) is 50.7 Å². The van der Waals surface area contributed by atoms with Gasteiger partial charge >= 0.3 is 20.1 Å². The fraction of sp³-hybridized carbons (Fsp3) is 0.600. The number of piperidine rings is 1. The summed E-state index contributed by atoms with van der Waals surface area (Å²) in [4.78, 5) is 18.6. The Morgan fingerprint density at radius 1 is 1.06 bits per heavy atom. The summed E-state index contributed by atoms with van der Waals surface area (Å²) in [7, 11) is 0.284. The van der Waals surface area contributed by atoms with Crippen LogP contribution in [0.25, 0.3) is 0 Å². The number of hydrogen-bond donors (Lipinski definition) is 2. The smallest absolute Gasteiger partial charge is 0.376 e. The molecule has 0 radical (unpaired) electrons. The van der Waals surface area contributed by atoms with Crippen LogP contribution in [0.15, 0.2) is 12.1 Å². The van der Waals surface area contributed by atoms with E-state index < -0.39 is 20.1 Å². The van der Waals surface area contributed by atoms with Crippen molar-refractivity contribution in [3.63, 3.8) is 0 Å². The lowest BCUT2D eigenvalue weighted by molar-refractivity contribution is 0.0588. The predicted octanol–water partition coefficient (Wildman–Crippen LogP) is 0.531. The summed E-state index contributed by atoms with van der Waals surface area (Å²) in [6, 6.07) is 5.75. The van der Waals surface area contributed by atoms with Crippen LogP contribution in [0.4, 0.5) is 5.69 Å². The molecular weight excluding hydrogens is 398 g/mol. The Kier molecular flexibility index (Phi) is 7.84. The molecule has 3 rings (SSSR count). The minimum atomic E-state index is -0.600. The van der Waals surface area contributed by atoms with Gasteiger partial charge in [-0.15, -0.1) is 0 Å². The molecule has 1 aromatic rings. The minimum Gasteiger partial charge on any atom is -0.489 e. The molecule has 9 nitrogen and oxygen atoms in total. The van der Waals surface area contributed by atoms with Crippen molar-refractivity contribution in [2.45, 2.75) is 32.6 Å². The number of hydrogen-bond acceptors (Lipinski definition) is 9. The largest absolute Gasteiger partial charge is 0.489 e. The van der Waals surface area contributed by atoms with Crippen LogP contribution in [0.5, 0.6) is 5.75 Å². The van der Waals surface area contributed by atoms with Crippen molar-refractivity contribution < 1.29 is 24.3 Å². The van der Waals surface area contributed by atoms with Gasteiger partial charge in [-0.3, -0.25) is 0 Å². The Balaban J connectivity index is 1.83. The van der Waals surface area contributed by atoms with Gasteiger partial charge in [-0.2, -0.15) is 5.26 Å². The average molecular weight is 428 g/mol. The zero-order valence-electron chi connectivity index (χ0n) is 18.5. The third-order valence-electron chi connectivity index (χ3n) is 6.13. The molecule has 11 heteroatoms. The lowest BCUT2D eigenvalue weighted by atomic mass is 9.82. The fourth-order valence-corrected chi connectivity index (χ4v) is 4.24. The molecule has 0 spiro atoms. The third kappa shape index (κ3) is 5.33. The molecule has 2 aliphatic rings. The van der Waals surface area contributed by atoms with Gasteiger partial charge in [0, 0.05) is 26.2 Å². The van der Waals surface area contributed by atoms with E-state index in [0.717, 1.165) is 12.8 Å². The second-order valence-corrected chi connectivity index (χ2v) is 8.08. The molecule has 2 aliphatic heterocycles. The third-order valence-corrected chi connectivity index (χ3v) is 6.13. The van der Waals surface area contributed by atoms with E-state index in [1.54, 1.807) is 19.7 Å².